The van der Waals surface area contributed by atoms with E-state index in [2.05, 4.69) is 0 Å². The lowest BCUT2D eigenvalue weighted by Gasteiger charge is -2.24. The first-order valence-electron chi connectivity index (χ1n) is 8.78. The summed E-state index contributed by atoms with van der Waals surface area (Å²) in [5.41, 5.74) is 1.16. The van der Waals surface area contributed by atoms with Crippen LogP contribution in [0, 0.1) is 6.92 Å². The second kappa shape index (κ2) is 9.96. The summed E-state index contributed by atoms with van der Waals surface area (Å²) in [5, 5.41) is 0. The van der Waals surface area contributed by atoms with Crippen molar-refractivity contribution in [3.05, 3.63) is 29.8 Å². The van der Waals surface area contributed by atoms with Gasteiger partial charge in [0.1, 0.15) is 5.75 Å². The van der Waals surface area contributed by atoms with Crippen molar-refractivity contribution in [1.29, 1.82) is 0 Å². The third-order valence-corrected chi connectivity index (χ3v) is 4.16. The summed E-state index contributed by atoms with van der Waals surface area (Å²) >= 11 is 0. The van der Waals surface area contributed by atoms with Crippen molar-refractivity contribution in [1.82, 2.24) is 4.90 Å². The molecule has 1 aromatic rings. The molecule has 0 spiro atoms. The molecule has 1 amide bonds. The molecule has 5 heteroatoms. The van der Waals surface area contributed by atoms with Gasteiger partial charge in [0, 0.05) is 13.1 Å². The quantitative estimate of drug-likeness (QED) is 0.751. The van der Waals surface area contributed by atoms with Gasteiger partial charge in [0.15, 0.2) is 6.61 Å². The molecule has 5 nitrogen and oxygen atoms in total. The Bertz CT molecular complexity index is 519. The number of ether oxygens (including phenoxy) is 2. The average molecular weight is 333 g/mol. The van der Waals surface area contributed by atoms with Gasteiger partial charge in [-0.1, -0.05) is 37.0 Å². The van der Waals surface area contributed by atoms with E-state index in [9.17, 15) is 9.59 Å². The van der Waals surface area contributed by atoms with E-state index in [0.717, 1.165) is 37.2 Å². The van der Waals surface area contributed by atoms with Gasteiger partial charge in [0.25, 0.3) is 5.91 Å². The molecule has 1 saturated heterocycles. The van der Waals surface area contributed by atoms with Gasteiger partial charge in [0.05, 0.1) is 13.0 Å². The van der Waals surface area contributed by atoms with Crippen LogP contribution in [0.2, 0.25) is 0 Å². The summed E-state index contributed by atoms with van der Waals surface area (Å²) in [4.78, 5) is 25.7. The standard InChI is InChI=1S/C19H27NO4/c1-16-7-9-17(10-8-16)23-14-11-19(22)24-15-18(21)20-12-5-3-2-4-6-13-20/h7-10H,2-6,11-15H2,1H3. The third kappa shape index (κ3) is 6.60. The summed E-state index contributed by atoms with van der Waals surface area (Å²) in [6, 6.07) is 7.64. The van der Waals surface area contributed by atoms with E-state index in [-0.39, 0.29) is 25.5 Å². The maximum atomic E-state index is 12.1. The van der Waals surface area contributed by atoms with Gasteiger partial charge in [-0.05, 0) is 31.9 Å². The highest BCUT2D eigenvalue weighted by molar-refractivity contribution is 5.80. The number of benzene rings is 1. The van der Waals surface area contributed by atoms with E-state index >= 15 is 0 Å². The molecular weight excluding hydrogens is 306 g/mol. The topological polar surface area (TPSA) is 55.8 Å². The van der Waals surface area contributed by atoms with Gasteiger partial charge < -0.3 is 14.4 Å². The van der Waals surface area contributed by atoms with Crippen molar-refractivity contribution >= 4 is 11.9 Å². The Labute approximate surface area is 143 Å². The maximum Gasteiger partial charge on any atom is 0.309 e. The third-order valence-electron chi connectivity index (χ3n) is 4.16. The van der Waals surface area contributed by atoms with E-state index in [4.69, 9.17) is 9.47 Å². The van der Waals surface area contributed by atoms with Crippen LogP contribution in [0.5, 0.6) is 5.75 Å². The number of likely N-dealkylation sites (tertiary alicyclic amines) is 1. The van der Waals surface area contributed by atoms with Gasteiger partial charge >= 0.3 is 5.97 Å². The Balaban J connectivity index is 1.63. The predicted molar refractivity (Wildman–Crippen MR) is 91.9 cm³/mol. The van der Waals surface area contributed by atoms with Crippen LogP contribution in [0.3, 0.4) is 0 Å². The van der Waals surface area contributed by atoms with Crippen LogP contribution in [0.1, 0.15) is 44.1 Å². The maximum absolute atomic E-state index is 12.1. The van der Waals surface area contributed by atoms with Crippen LogP contribution in [0.25, 0.3) is 0 Å². The van der Waals surface area contributed by atoms with Crippen LogP contribution in [0.4, 0.5) is 0 Å². The number of carbonyl (C=O) groups is 2. The number of nitrogens with zero attached hydrogens (tertiary/aromatic N) is 1. The first-order valence-corrected chi connectivity index (χ1v) is 8.78. The minimum absolute atomic E-state index is 0.0929. The minimum Gasteiger partial charge on any atom is -0.493 e. The minimum atomic E-state index is -0.400. The van der Waals surface area contributed by atoms with Crippen LogP contribution < -0.4 is 4.74 Å². The molecular formula is C19H27NO4. The number of carbonyl (C=O) groups excluding carboxylic acids is 2. The molecule has 1 aromatic carbocycles. The summed E-state index contributed by atoms with van der Waals surface area (Å²) in [6.45, 7) is 3.63. The summed E-state index contributed by atoms with van der Waals surface area (Å²) in [7, 11) is 0. The van der Waals surface area contributed by atoms with Crippen molar-refractivity contribution in [2.24, 2.45) is 0 Å². The lowest BCUT2D eigenvalue weighted by atomic mass is 10.1. The second-order valence-corrected chi connectivity index (χ2v) is 6.22. The molecule has 0 saturated carbocycles. The van der Waals surface area contributed by atoms with E-state index in [1.54, 1.807) is 0 Å². The highest BCUT2D eigenvalue weighted by Crippen LogP contribution is 2.12. The Morgan fingerprint density at radius 3 is 2.29 bits per heavy atom. The molecule has 1 heterocycles. The first kappa shape index (κ1) is 18.3. The van der Waals surface area contributed by atoms with Crippen LogP contribution in [-0.4, -0.2) is 43.1 Å². The Hall–Kier alpha value is -2.04. The fraction of sp³-hybridized carbons (Fsp3) is 0.579. The molecule has 132 valence electrons. The second-order valence-electron chi connectivity index (χ2n) is 6.22. The predicted octanol–water partition coefficient (Wildman–Crippen LogP) is 3.10. The smallest absolute Gasteiger partial charge is 0.309 e. The zero-order chi connectivity index (χ0) is 17.2. The zero-order valence-electron chi connectivity index (χ0n) is 14.5. The van der Waals surface area contributed by atoms with E-state index in [1.165, 1.54) is 19.3 Å². The van der Waals surface area contributed by atoms with Crippen LogP contribution >= 0.6 is 0 Å². The van der Waals surface area contributed by atoms with Gasteiger partial charge in [-0.2, -0.15) is 0 Å². The molecule has 0 aliphatic carbocycles. The van der Waals surface area contributed by atoms with Crippen molar-refractivity contribution in [3.8, 4) is 5.75 Å². The molecule has 0 N–H and O–H groups in total. The number of rotatable bonds is 6. The molecule has 0 unspecified atom stereocenters. The Morgan fingerprint density at radius 2 is 1.62 bits per heavy atom. The molecule has 1 aliphatic heterocycles. The molecule has 0 radical (unpaired) electrons. The number of hydrogen-bond donors (Lipinski definition) is 0. The van der Waals surface area contributed by atoms with Gasteiger partial charge in [-0.25, -0.2) is 0 Å². The van der Waals surface area contributed by atoms with E-state index < -0.39 is 5.97 Å². The summed E-state index contributed by atoms with van der Waals surface area (Å²) in [6.07, 6.45) is 5.78. The molecule has 1 aliphatic rings. The fourth-order valence-electron chi connectivity index (χ4n) is 2.69. The van der Waals surface area contributed by atoms with Crippen molar-refractivity contribution in [2.75, 3.05) is 26.3 Å². The fourth-order valence-corrected chi connectivity index (χ4v) is 2.69. The van der Waals surface area contributed by atoms with Crippen molar-refractivity contribution in [3.63, 3.8) is 0 Å². The number of hydrogen-bond acceptors (Lipinski definition) is 4. The molecule has 2 rings (SSSR count). The normalized spacial score (nSPS) is 15.3. The first-order chi connectivity index (χ1) is 11.6. The summed E-state index contributed by atoms with van der Waals surface area (Å²) in [5.74, 6) is 0.234. The summed E-state index contributed by atoms with van der Waals surface area (Å²) < 4.78 is 10.6. The van der Waals surface area contributed by atoms with Gasteiger partial charge in [0.2, 0.25) is 0 Å². The Morgan fingerprint density at radius 1 is 1.00 bits per heavy atom. The molecule has 0 aromatic heterocycles. The number of aryl methyl sites for hydroxylation is 1. The zero-order valence-corrected chi connectivity index (χ0v) is 14.5. The van der Waals surface area contributed by atoms with Crippen molar-refractivity contribution in [2.45, 2.75) is 45.4 Å². The van der Waals surface area contributed by atoms with E-state index in [1.807, 2.05) is 36.1 Å². The SMILES string of the molecule is Cc1ccc(OCCC(=O)OCC(=O)N2CCCCCCC2)cc1. The monoisotopic (exact) mass is 333 g/mol. The lowest BCUT2D eigenvalue weighted by molar-refractivity contribution is -0.152. The largest absolute Gasteiger partial charge is 0.493 e. The van der Waals surface area contributed by atoms with Crippen LogP contribution in [0.15, 0.2) is 24.3 Å². The number of esters is 1. The van der Waals surface area contributed by atoms with Crippen LogP contribution in [-0.2, 0) is 14.3 Å². The van der Waals surface area contributed by atoms with Gasteiger partial charge in [-0.15, -0.1) is 0 Å². The molecule has 1 fully saturated rings. The molecule has 0 bridgehead atoms. The highest BCUT2D eigenvalue weighted by atomic mass is 16.5. The lowest BCUT2D eigenvalue weighted by Crippen LogP contribution is -2.37. The van der Waals surface area contributed by atoms with E-state index in [0.29, 0.717) is 0 Å². The molecule has 24 heavy (non-hydrogen) atoms. The average Bonchev–Trinajstić information content (AvgIpc) is 2.54. The number of amides is 1. The Kier molecular flexibility index (Phi) is 7.59. The highest BCUT2D eigenvalue weighted by Gasteiger charge is 2.16. The van der Waals surface area contributed by atoms with Gasteiger partial charge in [-0.3, -0.25) is 9.59 Å². The van der Waals surface area contributed by atoms with Crippen molar-refractivity contribution < 1.29 is 19.1 Å². The molecule has 0 atom stereocenters.